The van der Waals surface area contributed by atoms with Crippen LogP contribution in [0.15, 0.2) is 0 Å². The highest BCUT2D eigenvalue weighted by molar-refractivity contribution is 7.71. The molecule has 0 saturated heterocycles. The first kappa shape index (κ1) is 11.5. The molecule has 1 aromatic rings. The molecule has 88 valence electrons. The van der Waals surface area contributed by atoms with E-state index in [1.54, 1.807) is 0 Å². The van der Waals surface area contributed by atoms with Crippen molar-refractivity contribution >= 4 is 18.0 Å². The minimum Gasteiger partial charge on any atom is -0.357 e. The van der Waals surface area contributed by atoms with Crippen LogP contribution in [0.1, 0.15) is 25.1 Å². The highest BCUT2D eigenvalue weighted by Gasteiger charge is 2.17. The molecule has 0 aromatic carbocycles. The van der Waals surface area contributed by atoms with Crippen LogP contribution in [0, 0.1) is 4.77 Å². The second kappa shape index (κ2) is 4.93. The van der Waals surface area contributed by atoms with Crippen LogP contribution in [0.25, 0.3) is 0 Å². The van der Waals surface area contributed by atoms with E-state index in [1.165, 1.54) is 11.3 Å². The van der Waals surface area contributed by atoms with Crippen LogP contribution < -0.4 is 10.2 Å². The van der Waals surface area contributed by atoms with Gasteiger partial charge in [-0.15, -0.1) is 0 Å². The first-order valence-corrected chi connectivity index (χ1v) is 6.24. The summed E-state index contributed by atoms with van der Waals surface area (Å²) in [6.07, 6.45) is 1.01. The van der Waals surface area contributed by atoms with E-state index in [-0.39, 0.29) is 0 Å². The van der Waals surface area contributed by atoms with Crippen LogP contribution in [0.3, 0.4) is 0 Å². The molecule has 0 amide bonds. The molecule has 2 rings (SSSR count). The SMILES string of the molecule is CCN(CC)c1nc(=S)[nH]c2c1CNCC2. The monoisotopic (exact) mass is 238 g/mol. The van der Waals surface area contributed by atoms with Crippen molar-refractivity contribution < 1.29 is 0 Å². The van der Waals surface area contributed by atoms with Crippen LogP contribution in [-0.2, 0) is 13.0 Å². The Morgan fingerprint density at radius 3 is 2.81 bits per heavy atom. The number of aromatic amines is 1. The average Bonchev–Trinajstić information content (AvgIpc) is 2.30. The van der Waals surface area contributed by atoms with Crippen LogP contribution in [0.2, 0.25) is 0 Å². The lowest BCUT2D eigenvalue weighted by Gasteiger charge is -2.26. The van der Waals surface area contributed by atoms with Gasteiger partial charge >= 0.3 is 0 Å². The van der Waals surface area contributed by atoms with E-state index >= 15 is 0 Å². The van der Waals surface area contributed by atoms with Crippen molar-refractivity contribution in [1.82, 2.24) is 15.3 Å². The summed E-state index contributed by atoms with van der Waals surface area (Å²) < 4.78 is 0.600. The molecule has 1 aliphatic rings. The minimum absolute atomic E-state index is 0.600. The summed E-state index contributed by atoms with van der Waals surface area (Å²) in [5.74, 6) is 1.05. The van der Waals surface area contributed by atoms with E-state index in [2.05, 4.69) is 34.0 Å². The van der Waals surface area contributed by atoms with Gasteiger partial charge in [-0.3, -0.25) is 0 Å². The van der Waals surface area contributed by atoms with Gasteiger partial charge < -0.3 is 15.2 Å². The highest BCUT2D eigenvalue weighted by atomic mass is 32.1. The van der Waals surface area contributed by atoms with Gasteiger partial charge in [0.25, 0.3) is 0 Å². The summed E-state index contributed by atoms with van der Waals surface area (Å²) in [6, 6.07) is 0. The molecular formula is C11H18N4S. The molecule has 0 bridgehead atoms. The Bertz CT molecular complexity index is 422. The highest BCUT2D eigenvalue weighted by Crippen LogP contribution is 2.22. The molecule has 1 aromatic heterocycles. The summed E-state index contributed by atoms with van der Waals surface area (Å²) in [6.45, 7) is 8.13. The van der Waals surface area contributed by atoms with Gasteiger partial charge in [-0.25, -0.2) is 4.98 Å². The molecule has 4 nitrogen and oxygen atoms in total. The number of anilines is 1. The van der Waals surface area contributed by atoms with Crippen molar-refractivity contribution in [3.05, 3.63) is 16.0 Å². The Morgan fingerprint density at radius 2 is 2.12 bits per heavy atom. The number of nitrogens with one attached hydrogen (secondary N) is 2. The second-order valence-electron chi connectivity index (χ2n) is 3.92. The zero-order valence-corrected chi connectivity index (χ0v) is 10.7. The van der Waals surface area contributed by atoms with Gasteiger partial charge in [-0.1, -0.05) is 0 Å². The normalized spacial score (nSPS) is 14.6. The molecule has 16 heavy (non-hydrogen) atoms. The predicted octanol–water partition coefficient (Wildman–Crippen LogP) is 1.63. The number of aromatic nitrogens is 2. The van der Waals surface area contributed by atoms with Crippen molar-refractivity contribution in [1.29, 1.82) is 0 Å². The maximum atomic E-state index is 5.19. The molecule has 0 aliphatic carbocycles. The molecular weight excluding hydrogens is 220 g/mol. The van der Waals surface area contributed by atoms with E-state index in [0.717, 1.165) is 38.4 Å². The maximum Gasteiger partial charge on any atom is 0.198 e. The zero-order valence-electron chi connectivity index (χ0n) is 9.84. The summed E-state index contributed by atoms with van der Waals surface area (Å²) in [5, 5.41) is 3.38. The van der Waals surface area contributed by atoms with E-state index in [1.807, 2.05) is 0 Å². The summed E-state index contributed by atoms with van der Waals surface area (Å²) in [5.41, 5.74) is 2.53. The summed E-state index contributed by atoms with van der Waals surface area (Å²) >= 11 is 5.19. The van der Waals surface area contributed by atoms with Crippen LogP contribution in [0.4, 0.5) is 5.82 Å². The van der Waals surface area contributed by atoms with Crippen molar-refractivity contribution in [3.8, 4) is 0 Å². The number of H-pyrrole nitrogens is 1. The van der Waals surface area contributed by atoms with Gasteiger partial charge in [0.05, 0.1) is 0 Å². The fourth-order valence-corrected chi connectivity index (χ4v) is 2.35. The van der Waals surface area contributed by atoms with Crippen molar-refractivity contribution in [2.75, 3.05) is 24.5 Å². The lowest BCUT2D eigenvalue weighted by atomic mass is 10.1. The Hall–Kier alpha value is -0.940. The molecule has 0 saturated carbocycles. The first-order chi connectivity index (χ1) is 7.76. The van der Waals surface area contributed by atoms with Gasteiger partial charge in [0.2, 0.25) is 0 Å². The number of hydrogen-bond donors (Lipinski definition) is 2. The number of rotatable bonds is 3. The Kier molecular flexibility index (Phi) is 3.56. The number of nitrogens with zero attached hydrogens (tertiary/aromatic N) is 2. The summed E-state index contributed by atoms with van der Waals surface area (Å²) in [4.78, 5) is 9.94. The molecule has 0 fully saturated rings. The molecule has 0 spiro atoms. The zero-order chi connectivity index (χ0) is 11.5. The van der Waals surface area contributed by atoms with Gasteiger partial charge in [-0.05, 0) is 26.1 Å². The third-order valence-electron chi connectivity index (χ3n) is 3.02. The molecule has 0 unspecified atom stereocenters. The standard InChI is InChI=1S/C11H18N4S/c1-3-15(4-2)10-8-7-12-6-5-9(8)13-11(16)14-10/h12H,3-7H2,1-2H3,(H,13,14,16). The largest absolute Gasteiger partial charge is 0.357 e. The third-order valence-corrected chi connectivity index (χ3v) is 3.21. The minimum atomic E-state index is 0.600. The average molecular weight is 238 g/mol. The molecule has 0 radical (unpaired) electrons. The topological polar surface area (TPSA) is 44.0 Å². The Morgan fingerprint density at radius 1 is 1.38 bits per heavy atom. The van der Waals surface area contributed by atoms with Gasteiger partial charge in [0, 0.05) is 43.9 Å². The lowest BCUT2D eigenvalue weighted by Crippen LogP contribution is -2.31. The molecule has 2 N–H and O–H groups in total. The first-order valence-electron chi connectivity index (χ1n) is 5.84. The van der Waals surface area contributed by atoms with E-state index in [9.17, 15) is 0 Å². The lowest BCUT2D eigenvalue weighted by molar-refractivity contribution is 0.620. The molecule has 0 atom stereocenters. The Balaban J connectivity index is 2.50. The molecule has 1 aliphatic heterocycles. The van der Waals surface area contributed by atoms with Gasteiger partial charge in [-0.2, -0.15) is 0 Å². The third kappa shape index (κ3) is 2.10. The second-order valence-corrected chi connectivity index (χ2v) is 4.31. The number of fused-ring (bicyclic) bond motifs is 1. The number of hydrogen-bond acceptors (Lipinski definition) is 4. The fourth-order valence-electron chi connectivity index (χ4n) is 2.14. The van der Waals surface area contributed by atoms with Crippen molar-refractivity contribution in [2.24, 2.45) is 0 Å². The van der Waals surface area contributed by atoms with Crippen LogP contribution >= 0.6 is 12.2 Å². The quantitative estimate of drug-likeness (QED) is 0.786. The van der Waals surface area contributed by atoms with Crippen LogP contribution in [-0.4, -0.2) is 29.6 Å². The molecule has 5 heteroatoms. The van der Waals surface area contributed by atoms with Gasteiger partial charge in [0.1, 0.15) is 5.82 Å². The fraction of sp³-hybridized carbons (Fsp3) is 0.636. The molecule has 2 heterocycles. The maximum absolute atomic E-state index is 5.19. The van der Waals surface area contributed by atoms with Gasteiger partial charge in [0.15, 0.2) is 4.77 Å². The van der Waals surface area contributed by atoms with Crippen LogP contribution in [0.5, 0.6) is 0 Å². The Labute approximate surface area is 101 Å². The predicted molar refractivity (Wildman–Crippen MR) is 68.4 cm³/mol. The van der Waals surface area contributed by atoms with Crippen molar-refractivity contribution in [3.63, 3.8) is 0 Å². The van der Waals surface area contributed by atoms with E-state index in [0.29, 0.717) is 4.77 Å². The van der Waals surface area contributed by atoms with Crippen molar-refractivity contribution in [2.45, 2.75) is 26.8 Å². The summed E-state index contributed by atoms with van der Waals surface area (Å²) in [7, 11) is 0. The van der Waals surface area contributed by atoms with E-state index < -0.39 is 0 Å². The van der Waals surface area contributed by atoms with E-state index in [4.69, 9.17) is 12.2 Å². The smallest absolute Gasteiger partial charge is 0.198 e.